The molecule has 0 atom stereocenters. The molecule has 0 unspecified atom stereocenters. The summed E-state index contributed by atoms with van der Waals surface area (Å²) in [6.45, 7) is 0. The maximum atomic E-state index is 13.3. The average Bonchev–Trinajstić information content (AvgIpc) is 2.64. The van der Waals surface area contributed by atoms with Crippen LogP contribution in [0, 0.1) is 0 Å². The molecule has 25 heavy (non-hydrogen) atoms. The van der Waals surface area contributed by atoms with E-state index in [2.05, 4.69) is 0 Å². The van der Waals surface area contributed by atoms with Crippen molar-refractivity contribution >= 4 is 34.2 Å². The van der Waals surface area contributed by atoms with Crippen LogP contribution in [-0.2, 0) is 0 Å². The summed E-state index contributed by atoms with van der Waals surface area (Å²) in [6, 6.07) is 22.1. The number of rotatable bonds is 2. The molecule has 122 valence electrons. The van der Waals surface area contributed by atoms with Crippen LogP contribution in [0.3, 0.4) is 0 Å². The number of halogens is 2. The Kier molecular flexibility index (Phi) is 4.08. The Labute approximate surface area is 154 Å². The fourth-order valence-electron chi connectivity index (χ4n) is 2.88. The lowest BCUT2D eigenvalue weighted by molar-refractivity contribution is 0.621. The molecule has 3 aromatic carbocycles. The molecule has 0 saturated carbocycles. The van der Waals surface area contributed by atoms with Crippen LogP contribution < -0.4 is 5.43 Å². The highest BCUT2D eigenvalue weighted by Gasteiger charge is 2.19. The minimum Gasteiger partial charge on any atom is -0.454 e. The van der Waals surface area contributed by atoms with Crippen LogP contribution in [0.5, 0.6) is 0 Å². The van der Waals surface area contributed by atoms with Gasteiger partial charge in [0.1, 0.15) is 5.76 Å². The molecule has 0 fully saturated rings. The molecule has 0 radical (unpaired) electrons. The van der Waals surface area contributed by atoms with Gasteiger partial charge in [-0.2, -0.15) is 0 Å². The van der Waals surface area contributed by atoms with E-state index in [-0.39, 0.29) is 5.43 Å². The van der Waals surface area contributed by atoms with Crippen molar-refractivity contribution in [3.8, 4) is 22.5 Å². The summed E-state index contributed by atoms with van der Waals surface area (Å²) in [6.07, 6.45) is 0. The summed E-state index contributed by atoms with van der Waals surface area (Å²) in [4.78, 5) is 13.3. The Bertz CT molecular complexity index is 1120. The summed E-state index contributed by atoms with van der Waals surface area (Å²) >= 11 is 12.4. The second-order valence-corrected chi connectivity index (χ2v) is 6.48. The van der Waals surface area contributed by atoms with E-state index >= 15 is 0 Å². The van der Waals surface area contributed by atoms with Gasteiger partial charge in [0.25, 0.3) is 0 Å². The molecule has 0 amide bonds. The molecule has 4 heteroatoms. The second kappa shape index (κ2) is 6.40. The zero-order valence-electron chi connectivity index (χ0n) is 13.0. The predicted molar refractivity (Wildman–Crippen MR) is 103 cm³/mol. The molecule has 0 aliphatic rings. The van der Waals surface area contributed by atoms with Gasteiger partial charge in [0.2, 0.25) is 5.43 Å². The van der Waals surface area contributed by atoms with Crippen LogP contribution in [0.15, 0.2) is 82.0 Å². The highest BCUT2D eigenvalue weighted by Crippen LogP contribution is 2.35. The molecule has 0 aliphatic heterocycles. The van der Waals surface area contributed by atoms with Gasteiger partial charge in [0.05, 0.1) is 16.0 Å². The summed E-state index contributed by atoms with van der Waals surface area (Å²) in [5, 5.41) is 1.09. The van der Waals surface area contributed by atoms with Gasteiger partial charge in [-0.3, -0.25) is 4.79 Å². The van der Waals surface area contributed by atoms with E-state index in [4.69, 9.17) is 27.6 Å². The van der Waals surface area contributed by atoms with Crippen molar-refractivity contribution in [3.63, 3.8) is 0 Å². The van der Waals surface area contributed by atoms with Crippen molar-refractivity contribution in [1.29, 1.82) is 0 Å². The molecule has 0 bridgehead atoms. The van der Waals surface area contributed by atoms with Crippen molar-refractivity contribution in [3.05, 3.63) is 93.1 Å². The molecule has 0 N–H and O–H groups in total. The number of hydrogen-bond donors (Lipinski definition) is 0. The van der Waals surface area contributed by atoms with E-state index in [0.717, 1.165) is 11.1 Å². The van der Waals surface area contributed by atoms with Crippen molar-refractivity contribution < 1.29 is 4.42 Å². The minimum atomic E-state index is -0.157. The quantitative estimate of drug-likeness (QED) is 0.408. The Morgan fingerprint density at radius 3 is 2.00 bits per heavy atom. The fraction of sp³-hybridized carbons (Fsp3) is 0. The molecule has 0 spiro atoms. The van der Waals surface area contributed by atoms with Gasteiger partial charge in [-0.25, -0.2) is 0 Å². The molecule has 4 aromatic rings. The molecule has 0 saturated heterocycles. The van der Waals surface area contributed by atoms with Gasteiger partial charge < -0.3 is 4.42 Å². The monoisotopic (exact) mass is 366 g/mol. The molecule has 0 aliphatic carbocycles. The standard InChI is InChI=1S/C21H12Cl2O2/c22-15-11-16-19(24)18(13-7-3-1-4-8-13)20(14-9-5-2-6-10-14)25-21(16)17(23)12-15/h1-12H. The van der Waals surface area contributed by atoms with Crippen LogP contribution in [0.4, 0.5) is 0 Å². The minimum absolute atomic E-state index is 0.157. The maximum absolute atomic E-state index is 13.3. The Hall–Kier alpha value is -2.55. The molecule has 4 rings (SSSR count). The third-order valence-corrected chi connectivity index (χ3v) is 4.51. The third-order valence-electron chi connectivity index (χ3n) is 4.01. The van der Waals surface area contributed by atoms with Gasteiger partial charge in [-0.05, 0) is 17.7 Å². The molecule has 1 aromatic heterocycles. The van der Waals surface area contributed by atoms with E-state index in [0.29, 0.717) is 32.3 Å². The maximum Gasteiger partial charge on any atom is 0.201 e. The van der Waals surface area contributed by atoms with Crippen molar-refractivity contribution in [1.82, 2.24) is 0 Å². The summed E-state index contributed by atoms with van der Waals surface area (Å²) in [5.41, 5.74) is 2.28. The second-order valence-electron chi connectivity index (χ2n) is 5.63. The van der Waals surface area contributed by atoms with E-state index in [1.807, 2.05) is 60.7 Å². The first kappa shape index (κ1) is 15.9. The van der Waals surface area contributed by atoms with Crippen LogP contribution in [0.1, 0.15) is 0 Å². The van der Waals surface area contributed by atoms with E-state index < -0.39 is 0 Å². The highest BCUT2D eigenvalue weighted by molar-refractivity contribution is 6.38. The lowest BCUT2D eigenvalue weighted by Crippen LogP contribution is -2.07. The number of hydrogen-bond acceptors (Lipinski definition) is 2. The lowest BCUT2D eigenvalue weighted by atomic mass is 9.98. The Balaban J connectivity index is 2.17. The van der Waals surface area contributed by atoms with E-state index in [9.17, 15) is 4.79 Å². The number of fused-ring (bicyclic) bond motifs is 1. The normalized spacial score (nSPS) is 11.0. The summed E-state index contributed by atoms with van der Waals surface area (Å²) in [5.74, 6) is 0.494. The van der Waals surface area contributed by atoms with Crippen molar-refractivity contribution in [2.45, 2.75) is 0 Å². The first-order valence-electron chi connectivity index (χ1n) is 7.72. The van der Waals surface area contributed by atoms with Gasteiger partial charge in [0, 0.05) is 10.6 Å². The predicted octanol–water partition coefficient (Wildman–Crippen LogP) is 6.43. The molecular weight excluding hydrogens is 355 g/mol. The van der Waals surface area contributed by atoms with Crippen LogP contribution >= 0.6 is 23.2 Å². The van der Waals surface area contributed by atoms with Gasteiger partial charge in [-0.15, -0.1) is 0 Å². The first-order valence-corrected chi connectivity index (χ1v) is 8.47. The van der Waals surface area contributed by atoms with Gasteiger partial charge >= 0.3 is 0 Å². The SMILES string of the molecule is O=c1c(-c2ccccc2)c(-c2ccccc2)oc2c(Cl)cc(Cl)cc12. The fourth-order valence-corrected chi connectivity index (χ4v) is 3.42. The van der Waals surface area contributed by atoms with Gasteiger partial charge in [0.15, 0.2) is 5.58 Å². The van der Waals surface area contributed by atoms with E-state index in [1.54, 1.807) is 12.1 Å². The molecule has 2 nitrogen and oxygen atoms in total. The zero-order chi connectivity index (χ0) is 17.4. The summed E-state index contributed by atoms with van der Waals surface area (Å²) < 4.78 is 6.11. The molecular formula is C21H12Cl2O2. The first-order chi connectivity index (χ1) is 12.1. The lowest BCUT2D eigenvalue weighted by Gasteiger charge is -2.11. The molecule has 1 heterocycles. The third kappa shape index (κ3) is 2.84. The van der Waals surface area contributed by atoms with Gasteiger partial charge in [-0.1, -0.05) is 83.9 Å². The average molecular weight is 367 g/mol. The van der Waals surface area contributed by atoms with Crippen molar-refractivity contribution in [2.75, 3.05) is 0 Å². The van der Waals surface area contributed by atoms with Crippen LogP contribution in [0.25, 0.3) is 33.4 Å². The zero-order valence-corrected chi connectivity index (χ0v) is 14.5. The Morgan fingerprint density at radius 1 is 0.760 bits per heavy atom. The topological polar surface area (TPSA) is 30.2 Å². The van der Waals surface area contributed by atoms with Crippen LogP contribution in [-0.4, -0.2) is 0 Å². The highest BCUT2D eigenvalue weighted by atomic mass is 35.5. The number of benzene rings is 3. The smallest absolute Gasteiger partial charge is 0.201 e. The van der Waals surface area contributed by atoms with Crippen molar-refractivity contribution in [2.24, 2.45) is 0 Å². The largest absolute Gasteiger partial charge is 0.454 e. The van der Waals surface area contributed by atoms with E-state index in [1.165, 1.54) is 0 Å². The Morgan fingerprint density at radius 2 is 1.36 bits per heavy atom. The summed E-state index contributed by atoms with van der Waals surface area (Å²) in [7, 11) is 0. The van der Waals surface area contributed by atoms with Crippen LogP contribution in [0.2, 0.25) is 10.0 Å².